The molecule has 21 heavy (non-hydrogen) atoms. The van der Waals surface area contributed by atoms with E-state index >= 15 is 0 Å². The molecule has 0 unspecified atom stereocenters. The number of nitrogens with two attached hydrogens (primary N) is 1. The van der Waals surface area contributed by atoms with Gasteiger partial charge in [-0.2, -0.15) is 0 Å². The standard InChI is InChI=1S/C13H16IN5O2/c14-9-5-19(12-10(9)11(15)16-6-17-12)8-3-1-7(2-4-8)18-13(20)21/h5-8,18H,1-4H2,(H,20,21)(H2,15,16,17). The van der Waals surface area contributed by atoms with Crippen molar-refractivity contribution in [2.24, 2.45) is 0 Å². The Kier molecular flexibility index (Phi) is 3.87. The van der Waals surface area contributed by atoms with Gasteiger partial charge in [-0.05, 0) is 48.3 Å². The summed E-state index contributed by atoms with van der Waals surface area (Å²) in [6, 6.07) is 0.386. The molecule has 0 saturated heterocycles. The van der Waals surface area contributed by atoms with E-state index in [1.165, 1.54) is 6.33 Å². The van der Waals surface area contributed by atoms with Crippen LogP contribution in [0.3, 0.4) is 0 Å². The Labute approximate surface area is 135 Å². The van der Waals surface area contributed by atoms with Crippen LogP contribution in [-0.2, 0) is 0 Å². The van der Waals surface area contributed by atoms with Gasteiger partial charge in [0, 0.05) is 21.9 Å². The lowest BCUT2D eigenvalue weighted by Gasteiger charge is -2.29. The van der Waals surface area contributed by atoms with Gasteiger partial charge in [0.15, 0.2) is 0 Å². The average molecular weight is 401 g/mol. The fourth-order valence-electron chi connectivity index (χ4n) is 3.01. The third kappa shape index (κ3) is 2.76. The zero-order valence-electron chi connectivity index (χ0n) is 11.3. The van der Waals surface area contributed by atoms with Gasteiger partial charge in [-0.25, -0.2) is 14.8 Å². The number of hydrogen-bond acceptors (Lipinski definition) is 4. The fourth-order valence-corrected chi connectivity index (χ4v) is 3.83. The molecular weight excluding hydrogens is 385 g/mol. The summed E-state index contributed by atoms with van der Waals surface area (Å²) in [7, 11) is 0. The Bertz CT molecular complexity index is 678. The molecule has 4 N–H and O–H groups in total. The summed E-state index contributed by atoms with van der Waals surface area (Å²) in [5, 5.41) is 12.2. The van der Waals surface area contributed by atoms with E-state index in [0.717, 1.165) is 40.3 Å². The van der Waals surface area contributed by atoms with Crippen LogP contribution in [0.15, 0.2) is 12.5 Å². The van der Waals surface area contributed by atoms with E-state index < -0.39 is 6.09 Å². The number of aromatic nitrogens is 3. The Hall–Kier alpha value is -1.58. The summed E-state index contributed by atoms with van der Waals surface area (Å²) in [5.41, 5.74) is 6.79. The Morgan fingerprint density at radius 3 is 2.76 bits per heavy atom. The van der Waals surface area contributed by atoms with E-state index in [9.17, 15) is 4.79 Å². The molecule has 0 atom stereocenters. The number of nitrogen functional groups attached to an aromatic ring is 1. The molecule has 1 aliphatic carbocycles. The van der Waals surface area contributed by atoms with Crippen LogP contribution < -0.4 is 11.1 Å². The zero-order chi connectivity index (χ0) is 15.0. The van der Waals surface area contributed by atoms with Crippen molar-refractivity contribution in [3.05, 3.63) is 16.1 Å². The molecule has 0 radical (unpaired) electrons. The molecule has 7 nitrogen and oxygen atoms in total. The van der Waals surface area contributed by atoms with Crippen molar-refractivity contribution < 1.29 is 9.90 Å². The van der Waals surface area contributed by atoms with Crippen LogP contribution in [0, 0.1) is 3.57 Å². The molecule has 3 rings (SSSR count). The lowest BCUT2D eigenvalue weighted by molar-refractivity contribution is 0.182. The van der Waals surface area contributed by atoms with Crippen LogP contribution in [0.1, 0.15) is 31.7 Å². The first-order chi connectivity index (χ1) is 10.1. The van der Waals surface area contributed by atoms with Crippen molar-refractivity contribution in [2.45, 2.75) is 37.8 Å². The number of carbonyl (C=O) groups is 1. The molecule has 2 heterocycles. The second kappa shape index (κ2) is 5.66. The Balaban J connectivity index is 1.83. The largest absolute Gasteiger partial charge is 0.465 e. The van der Waals surface area contributed by atoms with Gasteiger partial charge in [-0.1, -0.05) is 0 Å². The van der Waals surface area contributed by atoms with E-state index in [1.54, 1.807) is 0 Å². The van der Waals surface area contributed by atoms with Gasteiger partial charge in [-0.3, -0.25) is 0 Å². The SMILES string of the molecule is Nc1ncnc2c1c(I)cn2C1CCC(NC(=O)O)CC1. The average Bonchev–Trinajstić information content (AvgIpc) is 2.78. The van der Waals surface area contributed by atoms with E-state index in [2.05, 4.69) is 48.6 Å². The number of nitrogens with one attached hydrogen (secondary N) is 1. The summed E-state index contributed by atoms with van der Waals surface area (Å²) in [6.45, 7) is 0. The third-order valence-corrected chi connectivity index (χ3v) is 4.83. The highest BCUT2D eigenvalue weighted by atomic mass is 127. The molecule has 1 fully saturated rings. The maximum atomic E-state index is 10.7. The van der Waals surface area contributed by atoms with Gasteiger partial charge in [0.25, 0.3) is 0 Å². The zero-order valence-corrected chi connectivity index (χ0v) is 13.4. The predicted octanol–water partition coefficient (Wildman–Crippen LogP) is 2.37. The first-order valence-corrected chi connectivity index (χ1v) is 7.90. The number of carboxylic acid groups (broad SMARTS) is 1. The van der Waals surface area contributed by atoms with E-state index in [4.69, 9.17) is 10.8 Å². The van der Waals surface area contributed by atoms with Crippen LogP contribution in [-0.4, -0.2) is 31.8 Å². The molecule has 0 aromatic carbocycles. The summed E-state index contributed by atoms with van der Waals surface area (Å²) in [4.78, 5) is 19.1. The minimum Gasteiger partial charge on any atom is -0.465 e. The second-order valence-corrected chi connectivity index (χ2v) is 6.46. The minimum atomic E-state index is -0.945. The van der Waals surface area contributed by atoms with E-state index in [1.807, 2.05) is 0 Å². The first-order valence-electron chi connectivity index (χ1n) is 6.82. The second-order valence-electron chi connectivity index (χ2n) is 5.30. The molecule has 8 heteroatoms. The van der Waals surface area contributed by atoms with Crippen molar-refractivity contribution >= 4 is 45.5 Å². The van der Waals surface area contributed by atoms with Crippen LogP contribution in [0.25, 0.3) is 11.0 Å². The molecule has 0 spiro atoms. The number of fused-ring (bicyclic) bond motifs is 1. The maximum absolute atomic E-state index is 10.7. The molecule has 112 valence electrons. The number of halogens is 1. The van der Waals surface area contributed by atoms with Gasteiger partial charge >= 0.3 is 6.09 Å². The Morgan fingerprint density at radius 1 is 1.38 bits per heavy atom. The summed E-state index contributed by atoms with van der Waals surface area (Å²) < 4.78 is 3.21. The predicted molar refractivity (Wildman–Crippen MR) is 87.1 cm³/mol. The minimum absolute atomic E-state index is 0.0549. The Morgan fingerprint density at radius 2 is 2.10 bits per heavy atom. The number of anilines is 1. The highest BCUT2D eigenvalue weighted by Crippen LogP contribution is 2.34. The molecular formula is C13H16IN5O2. The monoisotopic (exact) mass is 401 g/mol. The van der Waals surface area contributed by atoms with Crippen LogP contribution in [0.4, 0.5) is 10.6 Å². The van der Waals surface area contributed by atoms with Crippen molar-refractivity contribution in [1.82, 2.24) is 19.9 Å². The van der Waals surface area contributed by atoms with E-state index in [0.29, 0.717) is 11.9 Å². The normalized spacial score (nSPS) is 22.3. The van der Waals surface area contributed by atoms with Gasteiger partial charge in [0.05, 0.1) is 5.39 Å². The molecule has 1 aliphatic rings. The number of nitrogens with zero attached hydrogens (tertiary/aromatic N) is 3. The molecule has 0 bridgehead atoms. The topological polar surface area (TPSA) is 106 Å². The van der Waals surface area contributed by atoms with Gasteiger partial charge < -0.3 is 20.7 Å². The molecule has 1 saturated carbocycles. The number of hydrogen-bond donors (Lipinski definition) is 3. The van der Waals surface area contributed by atoms with Crippen LogP contribution in [0.5, 0.6) is 0 Å². The summed E-state index contributed by atoms with van der Waals surface area (Å²) in [5.74, 6) is 0.504. The first kappa shape index (κ1) is 14.4. The summed E-state index contributed by atoms with van der Waals surface area (Å²) >= 11 is 2.25. The number of rotatable bonds is 2. The van der Waals surface area contributed by atoms with E-state index in [-0.39, 0.29) is 6.04 Å². The maximum Gasteiger partial charge on any atom is 0.404 e. The highest BCUT2D eigenvalue weighted by molar-refractivity contribution is 14.1. The van der Waals surface area contributed by atoms with Crippen molar-refractivity contribution in [3.63, 3.8) is 0 Å². The summed E-state index contributed by atoms with van der Waals surface area (Å²) in [6.07, 6.45) is 6.14. The van der Waals surface area contributed by atoms with Crippen LogP contribution in [0.2, 0.25) is 0 Å². The van der Waals surface area contributed by atoms with Gasteiger partial charge in [0.1, 0.15) is 17.8 Å². The van der Waals surface area contributed by atoms with Gasteiger partial charge in [-0.15, -0.1) is 0 Å². The van der Waals surface area contributed by atoms with Gasteiger partial charge in [0.2, 0.25) is 0 Å². The molecule has 0 aliphatic heterocycles. The molecule has 1 amide bonds. The van der Waals surface area contributed by atoms with Crippen molar-refractivity contribution in [3.8, 4) is 0 Å². The third-order valence-electron chi connectivity index (χ3n) is 4.01. The lowest BCUT2D eigenvalue weighted by Crippen LogP contribution is -2.37. The quantitative estimate of drug-likeness (QED) is 0.670. The van der Waals surface area contributed by atoms with Crippen molar-refractivity contribution in [1.29, 1.82) is 0 Å². The number of amides is 1. The fraction of sp³-hybridized carbons (Fsp3) is 0.462. The van der Waals surface area contributed by atoms with Crippen LogP contribution >= 0.6 is 22.6 Å². The molecule has 2 aromatic rings. The smallest absolute Gasteiger partial charge is 0.404 e. The molecule has 2 aromatic heterocycles. The lowest BCUT2D eigenvalue weighted by atomic mass is 9.91. The van der Waals surface area contributed by atoms with Crippen molar-refractivity contribution in [2.75, 3.05) is 5.73 Å². The highest BCUT2D eigenvalue weighted by Gasteiger charge is 2.25.